The molecule has 0 spiro atoms. The monoisotopic (exact) mass is 375 g/mol. The Morgan fingerprint density at radius 2 is 1.56 bits per heavy atom. The zero-order valence-electron chi connectivity index (χ0n) is 14.8. The number of anilines is 1. The number of methoxy groups -OCH3 is 1. The first-order chi connectivity index (χ1) is 12.7. The van der Waals surface area contributed by atoms with Crippen molar-refractivity contribution in [2.45, 2.75) is 20.0 Å². The molecule has 10 nitrogen and oxygen atoms in total. The summed E-state index contributed by atoms with van der Waals surface area (Å²) < 4.78 is 10.3. The number of hydrogen-bond donors (Lipinski definition) is 1. The fourth-order valence-electron chi connectivity index (χ4n) is 2.31. The van der Waals surface area contributed by atoms with Gasteiger partial charge in [0.15, 0.2) is 0 Å². The molecule has 142 valence electrons. The van der Waals surface area contributed by atoms with E-state index >= 15 is 0 Å². The molecule has 0 aliphatic carbocycles. The summed E-state index contributed by atoms with van der Waals surface area (Å²) in [6.45, 7) is 3.73. The molecule has 1 amide bonds. The number of carbonyl (C=O) groups excluding carboxylic acids is 1. The normalized spacial score (nSPS) is 10.4. The Morgan fingerprint density at radius 3 is 1.96 bits per heavy atom. The van der Waals surface area contributed by atoms with Crippen molar-refractivity contribution in [3.63, 3.8) is 0 Å². The summed E-state index contributed by atoms with van der Waals surface area (Å²) in [4.78, 5) is 33.0. The molecule has 27 heavy (non-hydrogen) atoms. The van der Waals surface area contributed by atoms with Crippen LogP contribution in [0.3, 0.4) is 0 Å². The molecule has 2 aromatic carbocycles. The van der Waals surface area contributed by atoms with Crippen molar-refractivity contribution < 1.29 is 24.1 Å². The maximum atomic E-state index is 12.3. The molecular weight excluding hydrogens is 358 g/mol. The number of rotatable bonds is 7. The molecule has 0 aromatic heterocycles. The van der Waals surface area contributed by atoms with E-state index in [4.69, 9.17) is 9.47 Å². The van der Waals surface area contributed by atoms with Crippen molar-refractivity contribution in [2.24, 2.45) is 0 Å². The van der Waals surface area contributed by atoms with Crippen LogP contribution in [0.5, 0.6) is 11.5 Å². The second kappa shape index (κ2) is 8.13. The molecule has 2 aromatic rings. The van der Waals surface area contributed by atoms with Gasteiger partial charge in [0.2, 0.25) is 0 Å². The second-order valence-electron chi connectivity index (χ2n) is 5.71. The number of benzene rings is 2. The molecular formula is C17H17N3O7. The van der Waals surface area contributed by atoms with E-state index in [0.717, 1.165) is 19.2 Å². The predicted molar refractivity (Wildman–Crippen MR) is 96.5 cm³/mol. The molecule has 2 rings (SSSR count). The average molecular weight is 375 g/mol. The summed E-state index contributed by atoms with van der Waals surface area (Å²) >= 11 is 0. The van der Waals surface area contributed by atoms with Gasteiger partial charge in [-0.3, -0.25) is 25.0 Å². The van der Waals surface area contributed by atoms with Crippen LogP contribution in [0.4, 0.5) is 17.1 Å². The second-order valence-corrected chi connectivity index (χ2v) is 5.71. The summed E-state index contributed by atoms with van der Waals surface area (Å²) in [5.41, 5.74) is -1.08. The Balaban J connectivity index is 2.32. The van der Waals surface area contributed by atoms with E-state index < -0.39 is 32.9 Å². The number of nitro groups is 2. The van der Waals surface area contributed by atoms with Crippen molar-refractivity contribution in [1.82, 2.24) is 0 Å². The van der Waals surface area contributed by atoms with Crippen LogP contribution in [0.25, 0.3) is 0 Å². The maximum absolute atomic E-state index is 12.3. The van der Waals surface area contributed by atoms with Gasteiger partial charge in [0.05, 0.1) is 28.7 Å². The quantitative estimate of drug-likeness (QED) is 0.577. The molecule has 1 N–H and O–H groups in total. The minimum absolute atomic E-state index is 0.0231. The average Bonchev–Trinajstić information content (AvgIpc) is 2.60. The van der Waals surface area contributed by atoms with Gasteiger partial charge in [-0.1, -0.05) is 0 Å². The van der Waals surface area contributed by atoms with E-state index in [-0.39, 0.29) is 17.4 Å². The Bertz CT molecular complexity index is 844. The highest BCUT2D eigenvalue weighted by Gasteiger charge is 2.28. The van der Waals surface area contributed by atoms with Gasteiger partial charge in [-0.05, 0) is 38.1 Å². The fourth-order valence-corrected chi connectivity index (χ4v) is 2.31. The van der Waals surface area contributed by atoms with Gasteiger partial charge in [0.1, 0.15) is 5.75 Å². The smallest absolute Gasteiger partial charge is 0.320 e. The zero-order chi connectivity index (χ0) is 20.1. The Morgan fingerprint density at radius 1 is 1.04 bits per heavy atom. The van der Waals surface area contributed by atoms with Crippen molar-refractivity contribution in [3.8, 4) is 11.5 Å². The third-order valence-electron chi connectivity index (χ3n) is 3.39. The summed E-state index contributed by atoms with van der Waals surface area (Å²) in [5.74, 6) is -0.490. The summed E-state index contributed by atoms with van der Waals surface area (Å²) in [7, 11) is 1.09. The standard InChI is InChI=1S/C17H17N3O7/c1-10(2)27-13-6-4-11(5-7-13)17(21)18-12-8-14(19(22)23)16(26-3)15(9-12)20(24)25/h4-10H,1-3H3,(H,18,21). The number of ether oxygens (including phenoxy) is 2. The lowest BCUT2D eigenvalue weighted by Crippen LogP contribution is -2.13. The molecule has 0 saturated carbocycles. The third kappa shape index (κ3) is 4.69. The summed E-state index contributed by atoms with van der Waals surface area (Å²) in [6, 6.07) is 8.24. The van der Waals surface area contributed by atoms with Crippen LogP contribution in [-0.4, -0.2) is 29.0 Å². The third-order valence-corrected chi connectivity index (χ3v) is 3.39. The number of amides is 1. The van der Waals surface area contributed by atoms with Crippen LogP contribution in [0.1, 0.15) is 24.2 Å². The Hall–Kier alpha value is -3.69. The van der Waals surface area contributed by atoms with E-state index in [9.17, 15) is 25.0 Å². The van der Waals surface area contributed by atoms with E-state index in [0.29, 0.717) is 5.75 Å². The van der Waals surface area contributed by atoms with Gasteiger partial charge in [-0.2, -0.15) is 0 Å². The highest BCUT2D eigenvalue weighted by atomic mass is 16.6. The minimum Gasteiger partial charge on any atom is -0.491 e. The van der Waals surface area contributed by atoms with Crippen molar-refractivity contribution >= 4 is 23.0 Å². The zero-order valence-corrected chi connectivity index (χ0v) is 14.8. The number of hydrogen-bond acceptors (Lipinski definition) is 7. The minimum atomic E-state index is -0.820. The lowest BCUT2D eigenvalue weighted by Gasteiger charge is -2.11. The van der Waals surface area contributed by atoms with Gasteiger partial charge in [0, 0.05) is 17.7 Å². The van der Waals surface area contributed by atoms with E-state index in [1.807, 2.05) is 13.8 Å². The number of nitro benzene ring substituents is 2. The molecule has 0 saturated heterocycles. The van der Waals surface area contributed by atoms with Crippen LogP contribution < -0.4 is 14.8 Å². The molecule has 0 heterocycles. The molecule has 10 heteroatoms. The fraction of sp³-hybridized carbons (Fsp3) is 0.235. The molecule has 0 radical (unpaired) electrons. The first-order valence-corrected chi connectivity index (χ1v) is 7.81. The molecule has 0 aliphatic rings. The number of carbonyl (C=O) groups is 1. The number of nitrogens with one attached hydrogen (secondary N) is 1. The van der Waals surface area contributed by atoms with Crippen LogP contribution >= 0.6 is 0 Å². The highest BCUT2D eigenvalue weighted by Crippen LogP contribution is 2.39. The van der Waals surface area contributed by atoms with Gasteiger partial charge in [0.25, 0.3) is 11.7 Å². The van der Waals surface area contributed by atoms with Gasteiger partial charge in [-0.15, -0.1) is 0 Å². The first kappa shape index (κ1) is 19.6. The van der Waals surface area contributed by atoms with Crippen LogP contribution in [0.2, 0.25) is 0 Å². The van der Waals surface area contributed by atoms with E-state index in [1.165, 1.54) is 12.1 Å². The van der Waals surface area contributed by atoms with E-state index in [2.05, 4.69) is 5.32 Å². The SMILES string of the molecule is COc1c([N+](=O)[O-])cc(NC(=O)c2ccc(OC(C)C)cc2)cc1[N+](=O)[O-]. The lowest BCUT2D eigenvalue weighted by molar-refractivity contribution is -0.395. The largest absolute Gasteiger partial charge is 0.491 e. The molecule has 0 aliphatic heterocycles. The first-order valence-electron chi connectivity index (χ1n) is 7.81. The van der Waals surface area contributed by atoms with Crippen molar-refractivity contribution in [3.05, 3.63) is 62.2 Å². The molecule has 0 fully saturated rings. The highest BCUT2D eigenvalue weighted by molar-refractivity contribution is 6.04. The van der Waals surface area contributed by atoms with Gasteiger partial charge in [-0.25, -0.2) is 0 Å². The van der Waals surface area contributed by atoms with Crippen LogP contribution in [-0.2, 0) is 0 Å². The topological polar surface area (TPSA) is 134 Å². The lowest BCUT2D eigenvalue weighted by atomic mass is 10.1. The maximum Gasteiger partial charge on any atom is 0.320 e. The van der Waals surface area contributed by atoms with Gasteiger partial charge < -0.3 is 14.8 Å². The molecule has 0 bridgehead atoms. The van der Waals surface area contributed by atoms with Crippen molar-refractivity contribution in [1.29, 1.82) is 0 Å². The van der Waals surface area contributed by atoms with Gasteiger partial charge >= 0.3 is 11.4 Å². The van der Waals surface area contributed by atoms with E-state index in [1.54, 1.807) is 12.1 Å². The van der Waals surface area contributed by atoms with Crippen molar-refractivity contribution in [2.75, 3.05) is 12.4 Å². The summed E-state index contributed by atoms with van der Waals surface area (Å²) in [5, 5.41) is 24.7. The Labute approximate surface area is 154 Å². The summed E-state index contributed by atoms with van der Waals surface area (Å²) in [6.07, 6.45) is -0.0231. The molecule has 0 unspecified atom stereocenters. The predicted octanol–water partition coefficient (Wildman–Crippen LogP) is 3.55. The Kier molecular flexibility index (Phi) is 5.91. The van der Waals surface area contributed by atoms with Crippen LogP contribution in [0, 0.1) is 20.2 Å². The molecule has 0 atom stereocenters. The number of nitrogens with zero attached hydrogens (tertiary/aromatic N) is 2. The van der Waals surface area contributed by atoms with Crippen LogP contribution in [0.15, 0.2) is 36.4 Å².